The number of nitriles is 2. The number of hydrogen-bond donors (Lipinski definition) is 2. The zero-order chi connectivity index (χ0) is 12.9. The maximum absolute atomic E-state index is 9.65. The summed E-state index contributed by atoms with van der Waals surface area (Å²) >= 11 is 5.66. The number of rotatable bonds is 3. The maximum Gasteiger partial charge on any atom is 0.240 e. The second-order valence-electron chi connectivity index (χ2n) is 3.19. The molecule has 2 N–H and O–H groups in total. The molecule has 6 heteroatoms. The number of hydrogen-bond acceptors (Lipinski definition) is 5. The fourth-order valence-corrected chi connectivity index (χ4v) is 1.12. The molecule has 1 atom stereocenters. The maximum atomic E-state index is 9.65. The molecular weight excluding hydrogens is 242 g/mol. The van der Waals surface area contributed by atoms with Crippen molar-refractivity contribution in [2.24, 2.45) is 0 Å². The van der Waals surface area contributed by atoms with Gasteiger partial charge in [-0.05, 0) is 24.3 Å². The first-order chi connectivity index (χ1) is 8.01. The summed E-state index contributed by atoms with van der Waals surface area (Å²) < 4.78 is 4.98. The summed E-state index contributed by atoms with van der Waals surface area (Å²) in [5.74, 6) is -0.435. The van der Waals surface area contributed by atoms with Crippen molar-refractivity contribution in [3.8, 4) is 17.9 Å². The number of nitrogens with one attached hydrogen (secondary N) is 1. The SMILES string of the molecule is N#CCC(O)(C#N)C(=N)Oc1ccc(Cl)cc1. The predicted molar refractivity (Wildman–Crippen MR) is 60.6 cm³/mol. The molecule has 0 bridgehead atoms. The topological polar surface area (TPSA) is 101 Å². The molecule has 86 valence electrons. The van der Waals surface area contributed by atoms with Gasteiger partial charge in [-0.25, -0.2) is 0 Å². The van der Waals surface area contributed by atoms with Crippen molar-refractivity contribution in [2.75, 3.05) is 0 Å². The van der Waals surface area contributed by atoms with Crippen LogP contribution in [0.15, 0.2) is 24.3 Å². The fourth-order valence-electron chi connectivity index (χ4n) is 0.990. The molecule has 1 aromatic rings. The second kappa shape index (κ2) is 5.31. The van der Waals surface area contributed by atoms with Crippen LogP contribution < -0.4 is 4.74 Å². The highest BCUT2D eigenvalue weighted by atomic mass is 35.5. The van der Waals surface area contributed by atoms with Gasteiger partial charge < -0.3 is 9.84 Å². The van der Waals surface area contributed by atoms with Crippen molar-refractivity contribution in [3.05, 3.63) is 29.3 Å². The lowest BCUT2D eigenvalue weighted by Gasteiger charge is -2.17. The van der Waals surface area contributed by atoms with Crippen LogP contribution in [0.5, 0.6) is 5.75 Å². The average molecular weight is 250 g/mol. The number of halogens is 1. The van der Waals surface area contributed by atoms with Crippen LogP contribution in [0, 0.1) is 28.1 Å². The Morgan fingerprint density at radius 3 is 2.47 bits per heavy atom. The highest BCUT2D eigenvalue weighted by Gasteiger charge is 2.34. The molecule has 0 aliphatic heterocycles. The van der Waals surface area contributed by atoms with Crippen LogP contribution in [0.4, 0.5) is 0 Å². The van der Waals surface area contributed by atoms with Crippen molar-refractivity contribution in [1.29, 1.82) is 15.9 Å². The van der Waals surface area contributed by atoms with Gasteiger partial charge in [-0.15, -0.1) is 0 Å². The van der Waals surface area contributed by atoms with Crippen molar-refractivity contribution in [2.45, 2.75) is 12.0 Å². The molecule has 17 heavy (non-hydrogen) atoms. The van der Waals surface area contributed by atoms with Crippen molar-refractivity contribution < 1.29 is 9.84 Å². The van der Waals surface area contributed by atoms with Crippen LogP contribution in [-0.2, 0) is 0 Å². The summed E-state index contributed by atoms with van der Waals surface area (Å²) in [6.45, 7) is 0. The number of benzene rings is 1. The average Bonchev–Trinajstić information content (AvgIpc) is 2.32. The van der Waals surface area contributed by atoms with Crippen LogP contribution in [-0.4, -0.2) is 16.6 Å². The van der Waals surface area contributed by atoms with Crippen molar-refractivity contribution >= 4 is 17.5 Å². The summed E-state index contributed by atoms with van der Waals surface area (Å²) in [7, 11) is 0. The third-order valence-corrected chi connectivity index (χ3v) is 2.18. The zero-order valence-corrected chi connectivity index (χ0v) is 9.40. The lowest BCUT2D eigenvalue weighted by molar-refractivity contribution is 0.154. The van der Waals surface area contributed by atoms with E-state index in [0.717, 1.165) is 0 Å². The van der Waals surface area contributed by atoms with Gasteiger partial charge >= 0.3 is 0 Å². The highest BCUT2D eigenvalue weighted by Crippen LogP contribution is 2.19. The minimum absolute atomic E-state index is 0.256. The summed E-state index contributed by atoms with van der Waals surface area (Å²) in [5, 5.41) is 34.8. The van der Waals surface area contributed by atoms with Crippen molar-refractivity contribution in [3.63, 3.8) is 0 Å². The van der Waals surface area contributed by atoms with E-state index in [-0.39, 0.29) is 5.75 Å². The Hall–Kier alpha value is -2.08. The Morgan fingerprint density at radius 1 is 1.41 bits per heavy atom. The van der Waals surface area contributed by atoms with E-state index in [2.05, 4.69) is 0 Å². The van der Waals surface area contributed by atoms with Gasteiger partial charge in [0.2, 0.25) is 11.5 Å². The molecule has 0 aliphatic carbocycles. The van der Waals surface area contributed by atoms with Crippen LogP contribution in [0.2, 0.25) is 5.02 Å². The van der Waals surface area contributed by atoms with E-state index in [1.165, 1.54) is 18.2 Å². The van der Waals surface area contributed by atoms with E-state index < -0.39 is 17.9 Å². The minimum Gasteiger partial charge on any atom is -0.439 e. The standard InChI is InChI=1S/C11H8ClN3O2/c12-8-1-3-9(4-2-8)17-10(15)11(16,7-14)5-6-13/h1-4,15-16H,5H2. The largest absolute Gasteiger partial charge is 0.439 e. The molecule has 1 unspecified atom stereocenters. The van der Waals surface area contributed by atoms with Gasteiger partial charge in [0.05, 0.1) is 12.5 Å². The lowest BCUT2D eigenvalue weighted by Crippen LogP contribution is -2.39. The Kier molecular flexibility index (Phi) is 4.06. The van der Waals surface area contributed by atoms with E-state index in [0.29, 0.717) is 5.02 Å². The second-order valence-corrected chi connectivity index (χ2v) is 3.63. The van der Waals surface area contributed by atoms with Crippen LogP contribution >= 0.6 is 11.6 Å². The molecule has 0 amide bonds. The monoisotopic (exact) mass is 249 g/mol. The third-order valence-electron chi connectivity index (χ3n) is 1.93. The summed E-state index contributed by atoms with van der Waals surface area (Å²) in [5.41, 5.74) is -2.23. The van der Waals surface area contributed by atoms with E-state index >= 15 is 0 Å². The summed E-state index contributed by atoms with van der Waals surface area (Å²) in [6.07, 6.45) is -0.532. The van der Waals surface area contributed by atoms with Gasteiger partial charge in [-0.2, -0.15) is 10.5 Å². The molecular formula is C11H8ClN3O2. The van der Waals surface area contributed by atoms with E-state index in [4.69, 9.17) is 32.3 Å². The van der Waals surface area contributed by atoms with Gasteiger partial charge in [0.15, 0.2) is 0 Å². The van der Waals surface area contributed by atoms with E-state index in [9.17, 15) is 5.11 Å². The lowest BCUT2D eigenvalue weighted by atomic mass is 10.0. The fraction of sp³-hybridized carbons (Fsp3) is 0.182. The molecule has 0 spiro atoms. The van der Waals surface area contributed by atoms with Gasteiger partial charge in [0.25, 0.3) is 0 Å². The van der Waals surface area contributed by atoms with Crippen LogP contribution in [0.25, 0.3) is 0 Å². The number of ether oxygens (including phenoxy) is 1. The van der Waals surface area contributed by atoms with E-state index in [1.807, 2.05) is 0 Å². The summed E-state index contributed by atoms with van der Waals surface area (Å²) in [4.78, 5) is 0. The van der Waals surface area contributed by atoms with Crippen LogP contribution in [0.1, 0.15) is 6.42 Å². The normalized spacial score (nSPS) is 12.9. The van der Waals surface area contributed by atoms with Crippen LogP contribution in [0.3, 0.4) is 0 Å². The molecule has 0 fully saturated rings. The predicted octanol–water partition coefficient (Wildman–Crippen LogP) is 1.86. The number of nitrogens with zero attached hydrogens (tertiary/aromatic N) is 2. The van der Waals surface area contributed by atoms with E-state index in [1.54, 1.807) is 18.2 Å². The molecule has 0 aromatic heterocycles. The molecule has 0 radical (unpaired) electrons. The molecule has 0 saturated carbocycles. The first-order valence-corrected chi connectivity index (χ1v) is 4.92. The Balaban J connectivity index is 2.82. The quantitative estimate of drug-likeness (QED) is 0.485. The molecule has 0 heterocycles. The van der Waals surface area contributed by atoms with Gasteiger partial charge in [-0.1, -0.05) is 11.6 Å². The Labute approximate surface area is 103 Å². The highest BCUT2D eigenvalue weighted by molar-refractivity contribution is 6.30. The first-order valence-electron chi connectivity index (χ1n) is 4.55. The zero-order valence-electron chi connectivity index (χ0n) is 8.64. The minimum atomic E-state index is -2.23. The van der Waals surface area contributed by atoms with Crippen molar-refractivity contribution in [1.82, 2.24) is 0 Å². The molecule has 1 rings (SSSR count). The number of aliphatic hydroxyl groups is 1. The molecule has 0 aliphatic rings. The first kappa shape index (κ1) is 13.0. The Morgan fingerprint density at radius 2 is 2.00 bits per heavy atom. The smallest absolute Gasteiger partial charge is 0.240 e. The summed E-state index contributed by atoms with van der Waals surface area (Å²) in [6, 6.07) is 9.15. The van der Waals surface area contributed by atoms with Gasteiger partial charge in [-0.3, -0.25) is 5.41 Å². The third kappa shape index (κ3) is 3.18. The Bertz CT molecular complexity index is 501. The molecule has 1 aromatic carbocycles. The van der Waals surface area contributed by atoms with Gasteiger partial charge in [0.1, 0.15) is 11.8 Å². The molecule has 5 nitrogen and oxygen atoms in total. The van der Waals surface area contributed by atoms with Gasteiger partial charge in [0, 0.05) is 5.02 Å². The molecule has 0 saturated heterocycles.